The normalized spacial score (nSPS) is 24.3. The largest absolute Gasteiger partial charge is 0.393 e. The standard InChI is InChI=1S/C23H27N3O3/c1-14(23(29)26-18-7-8-19(26)12-20(27)11-18)17-5-2-15(3-6-17)10-16-4-9-21(22(24)28)25-13-16/h2-6,9,13-14,18-20,27H,7-8,10-12H2,1H3,(H2,24,28). The number of fused-ring (bicyclic) bond motifs is 2. The molecule has 2 aromatic rings. The van der Waals surface area contributed by atoms with Gasteiger partial charge in [0.25, 0.3) is 5.91 Å². The van der Waals surface area contributed by atoms with Crippen LogP contribution in [0.4, 0.5) is 0 Å². The van der Waals surface area contributed by atoms with E-state index in [0.29, 0.717) is 19.3 Å². The van der Waals surface area contributed by atoms with E-state index in [9.17, 15) is 14.7 Å². The summed E-state index contributed by atoms with van der Waals surface area (Å²) in [6.07, 6.45) is 5.51. The number of benzene rings is 1. The number of hydrogen-bond donors (Lipinski definition) is 2. The van der Waals surface area contributed by atoms with Gasteiger partial charge in [0.1, 0.15) is 5.69 Å². The summed E-state index contributed by atoms with van der Waals surface area (Å²) in [7, 11) is 0. The average molecular weight is 393 g/mol. The maximum absolute atomic E-state index is 13.1. The van der Waals surface area contributed by atoms with E-state index < -0.39 is 5.91 Å². The third-order valence-electron chi connectivity index (χ3n) is 6.30. The van der Waals surface area contributed by atoms with Crippen molar-refractivity contribution in [3.05, 3.63) is 65.0 Å². The number of pyridine rings is 1. The van der Waals surface area contributed by atoms with Crippen molar-refractivity contribution < 1.29 is 14.7 Å². The molecule has 2 aliphatic heterocycles. The smallest absolute Gasteiger partial charge is 0.267 e. The molecule has 152 valence electrons. The number of nitrogens with zero attached hydrogens (tertiary/aromatic N) is 2. The fourth-order valence-electron chi connectivity index (χ4n) is 4.71. The highest BCUT2D eigenvalue weighted by Crippen LogP contribution is 2.37. The summed E-state index contributed by atoms with van der Waals surface area (Å²) in [6, 6.07) is 12.0. The van der Waals surface area contributed by atoms with Gasteiger partial charge in [-0.2, -0.15) is 0 Å². The molecule has 2 saturated heterocycles. The summed E-state index contributed by atoms with van der Waals surface area (Å²) in [5, 5.41) is 9.97. The molecule has 3 heterocycles. The second-order valence-corrected chi connectivity index (χ2v) is 8.31. The molecule has 4 rings (SSSR count). The summed E-state index contributed by atoms with van der Waals surface area (Å²) in [6.45, 7) is 1.97. The van der Waals surface area contributed by atoms with Crippen LogP contribution in [0.15, 0.2) is 42.6 Å². The van der Waals surface area contributed by atoms with Crippen molar-refractivity contribution in [2.24, 2.45) is 5.73 Å². The summed E-state index contributed by atoms with van der Waals surface area (Å²) in [5.41, 5.74) is 8.60. The van der Waals surface area contributed by atoms with Crippen LogP contribution >= 0.6 is 0 Å². The van der Waals surface area contributed by atoms with Gasteiger partial charge in [0.15, 0.2) is 0 Å². The van der Waals surface area contributed by atoms with Gasteiger partial charge in [-0.05, 0) is 61.8 Å². The number of nitrogens with two attached hydrogens (primary N) is 1. The second-order valence-electron chi connectivity index (χ2n) is 8.31. The van der Waals surface area contributed by atoms with Crippen molar-refractivity contribution in [3.8, 4) is 0 Å². The van der Waals surface area contributed by atoms with E-state index in [0.717, 1.165) is 29.5 Å². The van der Waals surface area contributed by atoms with Crippen LogP contribution in [0.3, 0.4) is 0 Å². The Bertz CT molecular complexity index is 881. The van der Waals surface area contributed by atoms with Gasteiger partial charge < -0.3 is 15.7 Å². The molecule has 3 atom stereocenters. The van der Waals surface area contributed by atoms with Gasteiger partial charge in [-0.3, -0.25) is 14.6 Å². The van der Waals surface area contributed by atoms with Gasteiger partial charge in [0.2, 0.25) is 5.91 Å². The fraction of sp³-hybridized carbons (Fsp3) is 0.435. The number of amides is 2. The maximum Gasteiger partial charge on any atom is 0.267 e. The molecule has 2 aliphatic rings. The van der Waals surface area contributed by atoms with Crippen molar-refractivity contribution in [2.45, 2.75) is 63.1 Å². The summed E-state index contributed by atoms with van der Waals surface area (Å²) in [4.78, 5) is 30.4. The van der Waals surface area contributed by atoms with E-state index in [-0.39, 0.29) is 35.7 Å². The van der Waals surface area contributed by atoms with Crippen LogP contribution < -0.4 is 5.73 Å². The van der Waals surface area contributed by atoms with E-state index in [1.165, 1.54) is 0 Å². The molecule has 1 aromatic heterocycles. The van der Waals surface area contributed by atoms with Gasteiger partial charge in [-0.1, -0.05) is 30.3 Å². The molecule has 6 nitrogen and oxygen atoms in total. The topological polar surface area (TPSA) is 96.5 Å². The predicted octanol–water partition coefficient (Wildman–Crippen LogP) is 2.39. The number of primary amides is 1. The van der Waals surface area contributed by atoms with Crippen LogP contribution in [0.1, 0.15) is 65.7 Å². The van der Waals surface area contributed by atoms with Crippen LogP contribution in [-0.2, 0) is 11.2 Å². The maximum atomic E-state index is 13.1. The average Bonchev–Trinajstić information content (AvgIpc) is 2.99. The van der Waals surface area contributed by atoms with Crippen molar-refractivity contribution in [1.82, 2.24) is 9.88 Å². The molecule has 2 bridgehead atoms. The van der Waals surface area contributed by atoms with Crippen molar-refractivity contribution in [2.75, 3.05) is 0 Å². The lowest BCUT2D eigenvalue weighted by Crippen LogP contribution is -2.49. The van der Waals surface area contributed by atoms with Crippen LogP contribution in [0.5, 0.6) is 0 Å². The van der Waals surface area contributed by atoms with Crippen LogP contribution in [0, 0.1) is 0 Å². The zero-order valence-corrected chi connectivity index (χ0v) is 16.6. The first-order valence-corrected chi connectivity index (χ1v) is 10.3. The lowest BCUT2D eigenvalue weighted by molar-refractivity contribution is -0.138. The molecular weight excluding hydrogens is 366 g/mol. The Morgan fingerprint density at radius 2 is 1.72 bits per heavy atom. The summed E-state index contributed by atoms with van der Waals surface area (Å²) >= 11 is 0. The zero-order valence-electron chi connectivity index (χ0n) is 16.6. The molecule has 3 N–H and O–H groups in total. The van der Waals surface area contributed by atoms with E-state index in [4.69, 9.17) is 5.73 Å². The Kier molecular flexibility index (Phi) is 5.37. The minimum Gasteiger partial charge on any atom is -0.393 e. The minimum absolute atomic E-state index is 0.170. The lowest BCUT2D eigenvalue weighted by Gasteiger charge is -2.38. The molecule has 0 saturated carbocycles. The number of carbonyl (C=O) groups excluding carboxylic acids is 2. The lowest BCUT2D eigenvalue weighted by atomic mass is 9.93. The molecule has 2 fully saturated rings. The Morgan fingerprint density at radius 1 is 1.10 bits per heavy atom. The number of rotatable bonds is 5. The van der Waals surface area contributed by atoms with Crippen LogP contribution in [-0.4, -0.2) is 45.0 Å². The van der Waals surface area contributed by atoms with Gasteiger partial charge in [0.05, 0.1) is 12.0 Å². The molecule has 1 aromatic carbocycles. The Balaban J connectivity index is 1.42. The summed E-state index contributed by atoms with van der Waals surface area (Å²) < 4.78 is 0. The van der Waals surface area contributed by atoms with Gasteiger partial charge in [-0.25, -0.2) is 0 Å². The second kappa shape index (κ2) is 7.95. The molecule has 6 heteroatoms. The quantitative estimate of drug-likeness (QED) is 0.815. The van der Waals surface area contributed by atoms with E-state index in [1.807, 2.05) is 42.2 Å². The number of aromatic nitrogens is 1. The third-order valence-corrected chi connectivity index (χ3v) is 6.30. The first kappa shape index (κ1) is 19.6. The van der Waals surface area contributed by atoms with Crippen LogP contribution in [0.25, 0.3) is 0 Å². The van der Waals surface area contributed by atoms with Crippen LogP contribution in [0.2, 0.25) is 0 Å². The Morgan fingerprint density at radius 3 is 2.28 bits per heavy atom. The van der Waals surface area contributed by atoms with E-state index in [1.54, 1.807) is 12.3 Å². The van der Waals surface area contributed by atoms with Crippen molar-refractivity contribution in [3.63, 3.8) is 0 Å². The number of hydrogen-bond acceptors (Lipinski definition) is 4. The molecule has 29 heavy (non-hydrogen) atoms. The number of carbonyl (C=O) groups is 2. The first-order chi connectivity index (χ1) is 13.9. The highest BCUT2D eigenvalue weighted by Gasteiger charge is 2.43. The van der Waals surface area contributed by atoms with Crippen molar-refractivity contribution >= 4 is 11.8 Å². The van der Waals surface area contributed by atoms with Gasteiger partial charge >= 0.3 is 0 Å². The zero-order chi connectivity index (χ0) is 20.5. The SMILES string of the molecule is CC(C(=O)N1C2CCC1CC(O)C2)c1ccc(Cc2ccc(C(N)=O)nc2)cc1. The predicted molar refractivity (Wildman–Crippen MR) is 109 cm³/mol. The Labute approximate surface area is 170 Å². The molecular formula is C23H27N3O3. The highest BCUT2D eigenvalue weighted by molar-refractivity contribution is 5.90. The Hall–Kier alpha value is -2.73. The number of aliphatic hydroxyl groups excluding tert-OH is 1. The monoisotopic (exact) mass is 393 g/mol. The van der Waals surface area contributed by atoms with E-state index >= 15 is 0 Å². The van der Waals surface area contributed by atoms with Crippen molar-refractivity contribution in [1.29, 1.82) is 0 Å². The minimum atomic E-state index is -0.531. The molecule has 0 radical (unpaired) electrons. The van der Waals surface area contributed by atoms with Gasteiger partial charge in [-0.15, -0.1) is 0 Å². The fourth-order valence-corrected chi connectivity index (χ4v) is 4.71. The molecule has 2 amide bonds. The molecule has 0 aliphatic carbocycles. The third kappa shape index (κ3) is 4.03. The van der Waals surface area contributed by atoms with Gasteiger partial charge in [0, 0.05) is 18.3 Å². The number of aliphatic hydroxyl groups is 1. The molecule has 3 unspecified atom stereocenters. The first-order valence-electron chi connectivity index (χ1n) is 10.3. The van der Waals surface area contributed by atoms with E-state index in [2.05, 4.69) is 4.98 Å². The molecule has 0 spiro atoms. The highest BCUT2D eigenvalue weighted by atomic mass is 16.3. The number of piperidine rings is 1. The summed E-state index contributed by atoms with van der Waals surface area (Å²) in [5.74, 6) is -0.557.